The van der Waals surface area contributed by atoms with Crippen molar-refractivity contribution in [2.75, 3.05) is 6.54 Å². The number of H-pyrrole nitrogens is 1. The molecule has 6 unspecified atom stereocenters. The maximum Gasteiger partial charge on any atom is 0.326 e. The van der Waals surface area contributed by atoms with Gasteiger partial charge in [-0.3, -0.25) is 14.4 Å². The number of benzene rings is 1. The van der Waals surface area contributed by atoms with E-state index in [4.69, 9.17) is 0 Å². The van der Waals surface area contributed by atoms with E-state index in [1.165, 1.54) is 0 Å². The Morgan fingerprint density at radius 2 is 1.61 bits per heavy atom. The number of carboxylic acids is 1. The van der Waals surface area contributed by atoms with E-state index >= 15 is 0 Å². The van der Waals surface area contributed by atoms with Gasteiger partial charge in [-0.2, -0.15) is 0 Å². The van der Waals surface area contributed by atoms with Gasteiger partial charge in [-0.15, -0.1) is 0 Å². The van der Waals surface area contributed by atoms with E-state index in [9.17, 15) is 24.3 Å². The van der Waals surface area contributed by atoms with Crippen molar-refractivity contribution >= 4 is 34.6 Å². The molecular weight excluding hydrogens is 486 g/mol. The largest absolute Gasteiger partial charge is 0.480 e. The number of aromatic nitrogens is 1. The van der Waals surface area contributed by atoms with Gasteiger partial charge in [-0.25, -0.2) is 4.79 Å². The average Bonchev–Trinajstić information content (AvgIpc) is 3.59. The Bertz CT molecular complexity index is 1130. The van der Waals surface area contributed by atoms with Crippen LogP contribution >= 0.6 is 0 Å². The molecule has 2 heterocycles. The van der Waals surface area contributed by atoms with E-state index < -0.39 is 35.9 Å². The predicted molar refractivity (Wildman–Crippen MR) is 145 cm³/mol. The van der Waals surface area contributed by atoms with E-state index in [1.54, 1.807) is 6.20 Å². The zero-order valence-corrected chi connectivity index (χ0v) is 22.7. The first-order valence-corrected chi connectivity index (χ1v) is 13.6. The molecule has 208 valence electrons. The van der Waals surface area contributed by atoms with E-state index in [1.807, 2.05) is 52.0 Å². The number of carbonyl (C=O) groups excluding carboxylic acids is 3. The Morgan fingerprint density at radius 3 is 2.21 bits per heavy atom. The maximum atomic E-state index is 13.4. The molecule has 6 atom stereocenters. The second-order valence-electron chi connectivity index (χ2n) is 10.4. The van der Waals surface area contributed by atoms with Crippen molar-refractivity contribution in [1.29, 1.82) is 0 Å². The monoisotopic (exact) mass is 527 g/mol. The standard InChI is InChI=1S/C28H41N5O5/c1-5-16(3)23(33-27(36)24(17(4)6-2)32-25(34)21-12-9-13-29-21)26(35)31-22(28(37)38)14-18-15-30-20-11-8-7-10-19(18)20/h7-8,10-11,15-17,21-24,29-30H,5-6,9,12-14H2,1-4H3,(H,31,35)(H,32,34)(H,33,36)(H,37,38). The molecule has 1 aliphatic heterocycles. The summed E-state index contributed by atoms with van der Waals surface area (Å²) in [6.07, 6.45) is 4.70. The van der Waals surface area contributed by atoms with Crippen molar-refractivity contribution in [2.45, 2.75) is 84.0 Å². The molecule has 3 rings (SSSR count). The van der Waals surface area contributed by atoms with Crippen LogP contribution in [0.1, 0.15) is 58.9 Å². The number of fused-ring (bicyclic) bond motifs is 1. The van der Waals surface area contributed by atoms with Gasteiger partial charge in [0.15, 0.2) is 0 Å². The smallest absolute Gasteiger partial charge is 0.326 e. The van der Waals surface area contributed by atoms with Gasteiger partial charge in [-0.1, -0.05) is 58.7 Å². The lowest BCUT2D eigenvalue weighted by molar-refractivity contribution is -0.142. The Labute approximate surface area is 223 Å². The number of hydrogen-bond acceptors (Lipinski definition) is 5. The van der Waals surface area contributed by atoms with Gasteiger partial charge < -0.3 is 31.4 Å². The van der Waals surface area contributed by atoms with Crippen LogP contribution < -0.4 is 21.3 Å². The van der Waals surface area contributed by atoms with Gasteiger partial charge in [0.2, 0.25) is 17.7 Å². The predicted octanol–water partition coefficient (Wildman–Crippen LogP) is 2.09. The quantitative estimate of drug-likeness (QED) is 0.235. The van der Waals surface area contributed by atoms with Gasteiger partial charge in [-0.05, 0) is 42.9 Å². The van der Waals surface area contributed by atoms with Gasteiger partial charge in [0, 0.05) is 23.5 Å². The first kappa shape index (κ1) is 29.2. The highest BCUT2D eigenvalue weighted by molar-refractivity contribution is 5.94. The number of carboxylic acid groups (broad SMARTS) is 1. The lowest BCUT2D eigenvalue weighted by Gasteiger charge is -2.30. The van der Waals surface area contributed by atoms with Crippen LogP contribution in [0.2, 0.25) is 0 Å². The molecule has 3 amide bonds. The van der Waals surface area contributed by atoms with Gasteiger partial charge in [0.1, 0.15) is 18.1 Å². The highest BCUT2D eigenvalue weighted by Gasteiger charge is 2.35. The number of aliphatic carboxylic acids is 1. The number of nitrogens with one attached hydrogen (secondary N) is 5. The normalized spacial score (nSPS) is 19.2. The maximum absolute atomic E-state index is 13.4. The number of rotatable bonds is 13. The molecule has 10 heteroatoms. The Kier molecular flexibility index (Phi) is 10.3. The van der Waals surface area contributed by atoms with Crippen molar-refractivity contribution in [1.82, 2.24) is 26.3 Å². The molecular formula is C28H41N5O5. The van der Waals surface area contributed by atoms with E-state index in [0.29, 0.717) is 19.3 Å². The summed E-state index contributed by atoms with van der Waals surface area (Å²) in [5.41, 5.74) is 1.66. The molecule has 0 spiro atoms. The molecule has 10 nitrogen and oxygen atoms in total. The Balaban J connectivity index is 1.74. The Morgan fingerprint density at radius 1 is 0.974 bits per heavy atom. The molecule has 1 aromatic heterocycles. The molecule has 2 aromatic rings. The highest BCUT2D eigenvalue weighted by atomic mass is 16.4. The van der Waals surface area contributed by atoms with Crippen molar-refractivity contribution in [2.24, 2.45) is 11.8 Å². The second-order valence-corrected chi connectivity index (χ2v) is 10.4. The van der Waals surface area contributed by atoms with E-state index in [-0.39, 0.29) is 30.2 Å². The van der Waals surface area contributed by atoms with Crippen LogP contribution in [-0.4, -0.2) is 64.5 Å². The van der Waals surface area contributed by atoms with Crippen molar-refractivity contribution in [3.63, 3.8) is 0 Å². The first-order valence-electron chi connectivity index (χ1n) is 13.6. The fourth-order valence-electron chi connectivity index (χ4n) is 4.79. The average molecular weight is 528 g/mol. The molecule has 0 aliphatic carbocycles. The van der Waals surface area contributed by atoms with E-state index in [2.05, 4.69) is 26.3 Å². The molecule has 0 saturated carbocycles. The summed E-state index contributed by atoms with van der Waals surface area (Å²) in [7, 11) is 0. The Hall–Kier alpha value is -3.40. The van der Waals surface area contributed by atoms with Crippen LogP contribution in [0.4, 0.5) is 0 Å². The minimum Gasteiger partial charge on any atom is -0.480 e. The van der Waals surface area contributed by atoms with Crippen LogP contribution in [-0.2, 0) is 25.6 Å². The fourth-order valence-corrected chi connectivity index (χ4v) is 4.79. The minimum atomic E-state index is -1.18. The van der Waals surface area contributed by atoms with Crippen LogP contribution in [0.25, 0.3) is 10.9 Å². The van der Waals surface area contributed by atoms with Crippen LogP contribution in [0.5, 0.6) is 0 Å². The first-order chi connectivity index (χ1) is 18.2. The highest BCUT2D eigenvalue weighted by Crippen LogP contribution is 2.20. The van der Waals surface area contributed by atoms with Gasteiger partial charge in [0.25, 0.3) is 0 Å². The van der Waals surface area contributed by atoms with Crippen molar-refractivity contribution < 1.29 is 24.3 Å². The lowest BCUT2D eigenvalue weighted by atomic mass is 9.94. The van der Waals surface area contributed by atoms with E-state index in [0.717, 1.165) is 29.4 Å². The molecule has 1 fully saturated rings. The molecule has 38 heavy (non-hydrogen) atoms. The van der Waals surface area contributed by atoms with Crippen LogP contribution in [0, 0.1) is 11.8 Å². The second kappa shape index (κ2) is 13.4. The third kappa shape index (κ3) is 7.12. The van der Waals surface area contributed by atoms with Crippen LogP contribution in [0.15, 0.2) is 30.5 Å². The summed E-state index contributed by atoms with van der Waals surface area (Å²) in [5.74, 6) is -2.81. The summed E-state index contributed by atoms with van der Waals surface area (Å²) in [6, 6.07) is 4.29. The number of amides is 3. The summed E-state index contributed by atoms with van der Waals surface area (Å²) >= 11 is 0. The number of aromatic amines is 1. The summed E-state index contributed by atoms with van der Waals surface area (Å²) < 4.78 is 0. The molecule has 0 bridgehead atoms. The third-order valence-electron chi connectivity index (χ3n) is 7.68. The zero-order valence-electron chi connectivity index (χ0n) is 22.7. The number of hydrogen-bond donors (Lipinski definition) is 6. The zero-order chi connectivity index (χ0) is 27.8. The molecule has 1 saturated heterocycles. The summed E-state index contributed by atoms with van der Waals surface area (Å²) in [4.78, 5) is 54.8. The van der Waals surface area contributed by atoms with Crippen molar-refractivity contribution in [3.05, 3.63) is 36.0 Å². The minimum absolute atomic E-state index is 0.0895. The van der Waals surface area contributed by atoms with Gasteiger partial charge in [0.05, 0.1) is 6.04 Å². The lowest BCUT2D eigenvalue weighted by Crippen LogP contribution is -2.60. The molecule has 1 aromatic carbocycles. The molecule has 1 aliphatic rings. The topological polar surface area (TPSA) is 152 Å². The summed E-state index contributed by atoms with van der Waals surface area (Å²) in [5, 5.41) is 22.3. The van der Waals surface area contributed by atoms with Crippen molar-refractivity contribution in [3.8, 4) is 0 Å². The fraction of sp³-hybridized carbons (Fsp3) is 0.571. The molecule has 6 N–H and O–H groups in total. The number of para-hydroxylation sites is 1. The van der Waals surface area contributed by atoms with Crippen LogP contribution in [0.3, 0.4) is 0 Å². The number of carbonyl (C=O) groups is 4. The third-order valence-corrected chi connectivity index (χ3v) is 7.68. The summed E-state index contributed by atoms with van der Waals surface area (Å²) in [6.45, 7) is 8.31. The molecule has 0 radical (unpaired) electrons. The SMILES string of the molecule is CCC(C)C(NC(=O)C1CCCN1)C(=O)NC(C(=O)NC(Cc1c[nH]c2ccccc12)C(=O)O)C(C)CC. The van der Waals surface area contributed by atoms with Gasteiger partial charge >= 0.3 is 5.97 Å².